The predicted octanol–water partition coefficient (Wildman–Crippen LogP) is 3.94. The van der Waals surface area contributed by atoms with Crippen LogP contribution in [-0.2, 0) is 19.1 Å². The molecule has 1 aliphatic carbocycles. The molecule has 0 aliphatic heterocycles. The normalized spacial score (nSPS) is 14.8. The second-order valence-corrected chi connectivity index (χ2v) is 8.86. The largest absolute Gasteiger partial charge is 0.479 e. The van der Waals surface area contributed by atoms with Crippen molar-refractivity contribution in [3.05, 3.63) is 59.7 Å². The number of aliphatic carboxylic acids is 1. The third-order valence-corrected chi connectivity index (χ3v) is 6.61. The van der Waals surface area contributed by atoms with Crippen molar-refractivity contribution in [1.29, 1.82) is 0 Å². The van der Waals surface area contributed by atoms with E-state index in [1.807, 2.05) is 43.3 Å². The number of hydrogen-bond donors (Lipinski definition) is 3. The van der Waals surface area contributed by atoms with Gasteiger partial charge in [0.05, 0.1) is 12.5 Å². The van der Waals surface area contributed by atoms with Crippen molar-refractivity contribution in [3.63, 3.8) is 0 Å². The van der Waals surface area contributed by atoms with Crippen LogP contribution in [0.25, 0.3) is 11.1 Å². The number of ether oxygens (including phenoxy) is 2. The number of benzene rings is 2. The Morgan fingerprint density at radius 2 is 1.63 bits per heavy atom. The lowest BCUT2D eigenvalue weighted by Crippen LogP contribution is -2.59. The molecule has 1 aliphatic rings. The van der Waals surface area contributed by atoms with Gasteiger partial charge in [0.15, 0.2) is 5.54 Å². The van der Waals surface area contributed by atoms with E-state index in [0.29, 0.717) is 12.8 Å². The van der Waals surface area contributed by atoms with E-state index in [-0.39, 0.29) is 32.1 Å². The molecular weight excluding hydrogens is 448 g/mol. The monoisotopic (exact) mass is 482 g/mol. The van der Waals surface area contributed by atoms with Crippen LogP contribution in [0.5, 0.6) is 0 Å². The maximum Gasteiger partial charge on any atom is 0.407 e. The molecule has 2 unspecified atom stereocenters. The third kappa shape index (κ3) is 5.82. The summed E-state index contributed by atoms with van der Waals surface area (Å²) < 4.78 is 10.6. The van der Waals surface area contributed by atoms with Crippen molar-refractivity contribution < 1.29 is 29.0 Å². The first kappa shape index (κ1) is 26.2. The highest BCUT2D eigenvalue weighted by molar-refractivity contribution is 5.88. The van der Waals surface area contributed by atoms with Gasteiger partial charge in [-0.3, -0.25) is 4.79 Å². The number of amides is 2. The van der Waals surface area contributed by atoms with Gasteiger partial charge in [-0.2, -0.15) is 0 Å². The average Bonchev–Trinajstić information content (AvgIpc) is 3.18. The molecule has 0 aromatic heterocycles. The lowest BCUT2D eigenvalue weighted by atomic mass is 9.94. The van der Waals surface area contributed by atoms with Crippen molar-refractivity contribution in [2.75, 3.05) is 26.9 Å². The Balaban J connectivity index is 1.60. The summed E-state index contributed by atoms with van der Waals surface area (Å²) in [4.78, 5) is 37.3. The van der Waals surface area contributed by atoms with Crippen LogP contribution < -0.4 is 10.6 Å². The number of carboxylic acids is 1. The molecule has 2 aromatic carbocycles. The number of carbonyl (C=O) groups is 3. The van der Waals surface area contributed by atoms with Gasteiger partial charge in [0, 0.05) is 19.6 Å². The average molecular weight is 483 g/mol. The van der Waals surface area contributed by atoms with Crippen LogP contribution in [0.15, 0.2) is 48.5 Å². The molecule has 0 spiro atoms. The molecule has 2 amide bonds. The molecule has 0 saturated carbocycles. The first-order valence-corrected chi connectivity index (χ1v) is 12.0. The predicted molar refractivity (Wildman–Crippen MR) is 132 cm³/mol. The summed E-state index contributed by atoms with van der Waals surface area (Å²) in [7, 11) is 1.39. The number of carbonyl (C=O) groups excluding carboxylic acids is 2. The minimum Gasteiger partial charge on any atom is -0.479 e. The summed E-state index contributed by atoms with van der Waals surface area (Å²) in [5.41, 5.74) is 3.01. The first-order valence-electron chi connectivity index (χ1n) is 12.0. The number of nitrogens with one attached hydrogen (secondary N) is 2. The van der Waals surface area contributed by atoms with Crippen LogP contribution in [0.2, 0.25) is 0 Å². The topological polar surface area (TPSA) is 114 Å². The van der Waals surface area contributed by atoms with Crippen LogP contribution in [0.3, 0.4) is 0 Å². The van der Waals surface area contributed by atoms with Crippen LogP contribution >= 0.6 is 0 Å². The van der Waals surface area contributed by atoms with Crippen molar-refractivity contribution in [2.45, 2.75) is 44.6 Å². The van der Waals surface area contributed by atoms with Crippen LogP contribution in [0, 0.1) is 5.92 Å². The fraction of sp³-hybridized carbons (Fsp3) is 0.444. The number of alkyl carbamates (subject to hydrolysis) is 1. The molecule has 2 aromatic rings. The Kier molecular flexibility index (Phi) is 8.87. The van der Waals surface area contributed by atoms with Crippen molar-refractivity contribution in [2.24, 2.45) is 5.92 Å². The highest BCUT2D eigenvalue weighted by atomic mass is 16.5. The number of rotatable bonds is 12. The standard InChI is InChI=1S/C27H34N2O6/c1-4-10-18(24(30)29-27(5-2,17-34-3)25(31)32)15-28-26(33)35-16-23-21-13-8-6-11-19(21)20-12-7-9-14-22(20)23/h6-9,11-14,18,23H,4-5,10,15-17H2,1-3H3,(H,28,33)(H,29,30)(H,31,32). The summed E-state index contributed by atoms with van der Waals surface area (Å²) in [6.07, 6.45) is 0.737. The van der Waals surface area contributed by atoms with E-state index in [2.05, 4.69) is 22.8 Å². The highest BCUT2D eigenvalue weighted by Gasteiger charge is 2.40. The molecule has 0 radical (unpaired) electrons. The fourth-order valence-electron chi connectivity index (χ4n) is 4.61. The zero-order chi connectivity index (χ0) is 25.4. The Morgan fingerprint density at radius 3 is 2.14 bits per heavy atom. The van der Waals surface area contributed by atoms with E-state index in [1.165, 1.54) is 7.11 Å². The summed E-state index contributed by atoms with van der Waals surface area (Å²) in [5, 5.41) is 15.0. The quantitative estimate of drug-likeness (QED) is 0.422. The minimum absolute atomic E-state index is 0.0444. The van der Waals surface area contributed by atoms with Crippen molar-refractivity contribution in [1.82, 2.24) is 10.6 Å². The molecule has 8 heteroatoms. The van der Waals surface area contributed by atoms with Crippen LogP contribution in [-0.4, -0.2) is 55.5 Å². The lowest BCUT2D eigenvalue weighted by molar-refractivity contribution is -0.151. The Hall–Kier alpha value is -3.39. The van der Waals surface area contributed by atoms with E-state index in [0.717, 1.165) is 22.3 Å². The van der Waals surface area contributed by atoms with E-state index >= 15 is 0 Å². The molecule has 188 valence electrons. The summed E-state index contributed by atoms with van der Waals surface area (Å²) in [5.74, 6) is -2.25. The van der Waals surface area contributed by atoms with Gasteiger partial charge in [0.2, 0.25) is 5.91 Å². The number of fused-ring (bicyclic) bond motifs is 3. The van der Waals surface area contributed by atoms with Gasteiger partial charge >= 0.3 is 12.1 Å². The molecule has 0 fully saturated rings. The van der Waals surface area contributed by atoms with Gasteiger partial charge < -0.3 is 25.2 Å². The van der Waals surface area contributed by atoms with E-state index in [1.54, 1.807) is 6.92 Å². The molecule has 3 rings (SSSR count). The van der Waals surface area contributed by atoms with Gasteiger partial charge in [-0.15, -0.1) is 0 Å². The molecule has 8 nitrogen and oxygen atoms in total. The number of methoxy groups -OCH3 is 1. The molecule has 3 N–H and O–H groups in total. The molecule has 0 saturated heterocycles. The smallest absolute Gasteiger partial charge is 0.407 e. The maximum atomic E-state index is 12.9. The Morgan fingerprint density at radius 1 is 1.03 bits per heavy atom. The lowest BCUT2D eigenvalue weighted by Gasteiger charge is -2.30. The molecule has 0 bridgehead atoms. The maximum absolute atomic E-state index is 12.9. The number of carboxylic acid groups (broad SMARTS) is 1. The van der Waals surface area contributed by atoms with Gasteiger partial charge in [-0.1, -0.05) is 68.8 Å². The van der Waals surface area contributed by atoms with Crippen LogP contribution in [0.1, 0.15) is 50.2 Å². The Labute approximate surface area is 206 Å². The van der Waals surface area contributed by atoms with E-state index in [4.69, 9.17) is 9.47 Å². The second kappa shape index (κ2) is 11.8. The summed E-state index contributed by atoms with van der Waals surface area (Å²) in [6, 6.07) is 16.2. The molecule has 2 atom stereocenters. The highest BCUT2D eigenvalue weighted by Crippen LogP contribution is 2.44. The molecular formula is C27H34N2O6. The fourth-order valence-corrected chi connectivity index (χ4v) is 4.61. The van der Waals surface area contributed by atoms with Crippen molar-refractivity contribution in [3.8, 4) is 11.1 Å². The second-order valence-electron chi connectivity index (χ2n) is 8.86. The number of hydrogen-bond acceptors (Lipinski definition) is 5. The van der Waals surface area contributed by atoms with Crippen LogP contribution in [0.4, 0.5) is 4.79 Å². The first-order chi connectivity index (χ1) is 16.9. The van der Waals surface area contributed by atoms with E-state index < -0.39 is 29.4 Å². The van der Waals surface area contributed by atoms with Crippen molar-refractivity contribution >= 4 is 18.0 Å². The third-order valence-electron chi connectivity index (χ3n) is 6.61. The van der Waals surface area contributed by atoms with E-state index in [9.17, 15) is 19.5 Å². The zero-order valence-corrected chi connectivity index (χ0v) is 20.5. The SMILES string of the molecule is CCCC(CNC(=O)OCC1c2ccccc2-c2ccccc21)C(=O)NC(CC)(COC)C(=O)O. The van der Waals surface area contributed by atoms with Gasteiger partial charge in [0.1, 0.15) is 6.61 Å². The summed E-state index contributed by atoms with van der Waals surface area (Å²) in [6.45, 7) is 3.67. The van der Waals surface area contributed by atoms with Gasteiger partial charge in [0.25, 0.3) is 0 Å². The Bertz CT molecular complexity index is 1010. The van der Waals surface area contributed by atoms with Gasteiger partial charge in [-0.25, -0.2) is 9.59 Å². The zero-order valence-electron chi connectivity index (χ0n) is 20.5. The minimum atomic E-state index is -1.51. The van der Waals surface area contributed by atoms with Gasteiger partial charge in [-0.05, 0) is 35.1 Å². The molecule has 0 heterocycles. The molecule has 35 heavy (non-hydrogen) atoms. The summed E-state index contributed by atoms with van der Waals surface area (Å²) >= 11 is 0.